The van der Waals surface area contributed by atoms with E-state index in [-0.39, 0.29) is 18.0 Å². The number of rotatable bonds is 7. The lowest BCUT2D eigenvalue weighted by molar-refractivity contribution is 0.186. The molecule has 0 saturated heterocycles. The van der Waals surface area contributed by atoms with E-state index in [0.29, 0.717) is 13.2 Å². The molecular formula is C18H22FNO2. The second-order valence-electron chi connectivity index (χ2n) is 5.92. The van der Waals surface area contributed by atoms with E-state index in [9.17, 15) is 9.50 Å². The van der Waals surface area contributed by atoms with Crippen LogP contribution in [0.1, 0.15) is 25.0 Å². The topological polar surface area (TPSA) is 41.5 Å². The molecule has 0 bridgehead atoms. The van der Waals surface area contributed by atoms with Gasteiger partial charge in [0.2, 0.25) is 0 Å². The number of ether oxygens (including phenoxy) is 1. The number of nitrogens with one attached hydrogen (secondary N) is 1. The highest BCUT2D eigenvalue weighted by Gasteiger charge is 2.15. The van der Waals surface area contributed by atoms with E-state index < -0.39 is 0 Å². The van der Waals surface area contributed by atoms with Gasteiger partial charge in [-0.3, -0.25) is 0 Å². The van der Waals surface area contributed by atoms with Gasteiger partial charge in [0.05, 0.1) is 6.61 Å². The zero-order valence-electron chi connectivity index (χ0n) is 13.0. The second-order valence-corrected chi connectivity index (χ2v) is 5.92. The molecule has 2 rings (SSSR count). The molecule has 0 heterocycles. The second kappa shape index (κ2) is 7.38. The first kappa shape index (κ1) is 16.5. The zero-order valence-corrected chi connectivity index (χ0v) is 13.0. The number of aliphatic hydroxyl groups excluding tert-OH is 1. The molecule has 22 heavy (non-hydrogen) atoms. The van der Waals surface area contributed by atoms with Crippen LogP contribution in [0.5, 0.6) is 5.75 Å². The molecule has 2 aromatic rings. The first-order chi connectivity index (χ1) is 10.5. The Morgan fingerprint density at radius 3 is 2.45 bits per heavy atom. The van der Waals surface area contributed by atoms with Crippen molar-refractivity contribution in [2.45, 2.75) is 32.5 Å². The van der Waals surface area contributed by atoms with E-state index in [4.69, 9.17) is 4.74 Å². The van der Waals surface area contributed by atoms with Crippen LogP contribution in [-0.4, -0.2) is 17.3 Å². The van der Waals surface area contributed by atoms with Gasteiger partial charge in [-0.2, -0.15) is 0 Å². The standard InChI is InChI=1S/C18H22FNO2/c1-18(2,13-21)20-11-15-5-3-4-6-17(15)22-12-14-7-9-16(19)10-8-14/h3-10,20-21H,11-13H2,1-2H3. The van der Waals surface area contributed by atoms with Gasteiger partial charge >= 0.3 is 0 Å². The van der Waals surface area contributed by atoms with Crippen LogP contribution in [0.15, 0.2) is 48.5 Å². The Bertz CT molecular complexity index is 596. The molecule has 4 heteroatoms. The first-order valence-corrected chi connectivity index (χ1v) is 7.31. The van der Waals surface area contributed by atoms with Crippen molar-refractivity contribution in [1.29, 1.82) is 0 Å². The van der Waals surface area contributed by atoms with Crippen LogP contribution in [0.3, 0.4) is 0 Å². The molecule has 0 unspecified atom stereocenters. The number of hydrogen-bond donors (Lipinski definition) is 2. The van der Waals surface area contributed by atoms with Gasteiger partial charge in [0.25, 0.3) is 0 Å². The first-order valence-electron chi connectivity index (χ1n) is 7.31. The van der Waals surface area contributed by atoms with Gasteiger partial charge in [-0.1, -0.05) is 30.3 Å². The maximum atomic E-state index is 12.9. The summed E-state index contributed by atoms with van der Waals surface area (Å²) in [7, 11) is 0. The summed E-state index contributed by atoms with van der Waals surface area (Å²) in [6.07, 6.45) is 0. The maximum absolute atomic E-state index is 12.9. The molecule has 0 atom stereocenters. The monoisotopic (exact) mass is 303 g/mol. The Hall–Kier alpha value is -1.91. The van der Waals surface area contributed by atoms with Gasteiger partial charge in [0.15, 0.2) is 0 Å². The molecule has 0 radical (unpaired) electrons. The highest BCUT2D eigenvalue weighted by atomic mass is 19.1. The number of hydrogen-bond acceptors (Lipinski definition) is 3. The molecule has 0 fully saturated rings. The average Bonchev–Trinajstić information content (AvgIpc) is 2.53. The summed E-state index contributed by atoms with van der Waals surface area (Å²) in [6.45, 7) is 4.93. The smallest absolute Gasteiger partial charge is 0.124 e. The number of benzene rings is 2. The van der Waals surface area contributed by atoms with Crippen LogP contribution < -0.4 is 10.1 Å². The fraction of sp³-hybridized carbons (Fsp3) is 0.333. The van der Waals surface area contributed by atoms with Crippen LogP contribution in [0.2, 0.25) is 0 Å². The normalized spacial score (nSPS) is 11.5. The third kappa shape index (κ3) is 4.83. The quantitative estimate of drug-likeness (QED) is 0.825. The minimum Gasteiger partial charge on any atom is -0.489 e. The van der Waals surface area contributed by atoms with Crippen LogP contribution in [0.4, 0.5) is 4.39 Å². The molecule has 3 nitrogen and oxygen atoms in total. The number of halogens is 1. The van der Waals surface area contributed by atoms with Crippen LogP contribution in [0, 0.1) is 5.82 Å². The third-order valence-corrected chi connectivity index (χ3v) is 3.43. The van der Waals surface area contributed by atoms with Crippen LogP contribution in [0.25, 0.3) is 0 Å². The Morgan fingerprint density at radius 1 is 1.09 bits per heavy atom. The van der Waals surface area contributed by atoms with E-state index >= 15 is 0 Å². The van der Waals surface area contributed by atoms with Crippen molar-refractivity contribution in [2.24, 2.45) is 0 Å². The number of aliphatic hydroxyl groups is 1. The fourth-order valence-corrected chi connectivity index (χ4v) is 1.92. The van der Waals surface area contributed by atoms with Gasteiger partial charge in [-0.05, 0) is 37.6 Å². The summed E-state index contributed by atoms with van der Waals surface area (Å²) >= 11 is 0. The van der Waals surface area contributed by atoms with Crippen molar-refractivity contribution < 1.29 is 14.2 Å². The van der Waals surface area contributed by atoms with Gasteiger partial charge in [0, 0.05) is 17.6 Å². The zero-order chi connectivity index (χ0) is 16.0. The summed E-state index contributed by atoms with van der Waals surface area (Å²) in [5.41, 5.74) is 1.59. The molecule has 2 aromatic carbocycles. The van der Waals surface area contributed by atoms with Crippen molar-refractivity contribution in [1.82, 2.24) is 5.32 Å². The SMILES string of the molecule is CC(C)(CO)NCc1ccccc1OCc1ccc(F)cc1. The average molecular weight is 303 g/mol. The Kier molecular flexibility index (Phi) is 5.52. The van der Waals surface area contributed by atoms with E-state index in [1.807, 2.05) is 38.1 Å². The van der Waals surface area contributed by atoms with Crippen LogP contribution >= 0.6 is 0 Å². The van der Waals surface area contributed by atoms with Gasteiger partial charge in [0.1, 0.15) is 18.2 Å². The predicted molar refractivity (Wildman–Crippen MR) is 85.2 cm³/mol. The lowest BCUT2D eigenvalue weighted by Crippen LogP contribution is -2.42. The minimum absolute atomic E-state index is 0.0611. The third-order valence-electron chi connectivity index (χ3n) is 3.43. The van der Waals surface area contributed by atoms with Crippen molar-refractivity contribution >= 4 is 0 Å². The van der Waals surface area contributed by atoms with E-state index in [2.05, 4.69) is 5.32 Å². The summed E-state index contributed by atoms with van der Waals surface area (Å²) in [6, 6.07) is 14.0. The summed E-state index contributed by atoms with van der Waals surface area (Å²) in [5.74, 6) is 0.535. The summed E-state index contributed by atoms with van der Waals surface area (Å²) in [5, 5.41) is 12.6. The van der Waals surface area contributed by atoms with Gasteiger partial charge in [-0.15, -0.1) is 0 Å². The van der Waals surface area contributed by atoms with Crippen molar-refractivity contribution in [3.63, 3.8) is 0 Å². The van der Waals surface area contributed by atoms with E-state index in [1.54, 1.807) is 12.1 Å². The molecule has 0 amide bonds. The minimum atomic E-state index is -0.343. The fourth-order valence-electron chi connectivity index (χ4n) is 1.92. The number of para-hydroxylation sites is 1. The molecule has 0 aromatic heterocycles. The molecule has 0 spiro atoms. The molecule has 2 N–H and O–H groups in total. The van der Waals surface area contributed by atoms with Crippen LogP contribution in [-0.2, 0) is 13.2 Å². The molecule has 0 aliphatic rings. The van der Waals surface area contributed by atoms with Crippen molar-refractivity contribution in [3.05, 3.63) is 65.5 Å². The highest BCUT2D eigenvalue weighted by molar-refractivity contribution is 5.33. The predicted octanol–water partition coefficient (Wildman–Crippen LogP) is 3.27. The largest absolute Gasteiger partial charge is 0.489 e. The molecular weight excluding hydrogens is 281 g/mol. The lowest BCUT2D eigenvalue weighted by Gasteiger charge is -2.24. The molecule has 0 aliphatic heterocycles. The van der Waals surface area contributed by atoms with Crippen molar-refractivity contribution in [3.8, 4) is 5.75 Å². The highest BCUT2D eigenvalue weighted by Crippen LogP contribution is 2.20. The Balaban J connectivity index is 2.00. The van der Waals surface area contributed by atoms with E-state index in [1.165, 1.54) is 12.1 Å². The summed E-state index contributed by atoms with van der Waals surface area (Å²) < 4.78 is 18.7. The molecule has 118 valence electrons. The summed E-state index contributed by atoms with van der Waals surface area (Å²) in [4.78, 5) is 0. The Labute approximate surface area is 130 Å². The van der Waals surface area contributed by atoms with Gasteiger partial charge < -0.3 is 15.2 Å². The lowest BCUT2D eigenvalue weighted by atomic mass is 10.1. The molecule has 0 aliphatic carbocycles. The Morgan fingerprint density at radius 2 is 1.77 bits per heavy atom. The molecule has 0 saturated carbocycles. The van der Waals surface area contributed by atoms with Crippen molar-refractivity contribution in [2.75, 3.05) is 6.61 Å². The maximum Gasteiger partial charge on any atom is 0.124 e. The van der Waals surface area contributed by atoms with E-state index in [0.717, 1.165) is 16.9 Å². The van der Waals surface area contributed by atoms with Gasteiger partial charge in [-0.25, -0.2) is 4.39 Å².